The van der Waals surface area contributed by atoms with Gasteiger partial charge < -0.3 is 20.4 Å². The standard InChI is InChI=1S/C42H53FN2O4/c1-28(46)44-33-17-15-30(16-18-33)41(49)45(24-10-13-29-11-6-5-7-12-29)23-9-4-3-8-14-31-25-32-26-34(47)19-20-35(32)40-37(43)27-42(2)36(39(31)40)21-22-38(42)48/h5-7,11-12,15-20,26,31,36-40,47-48H,3-4,8-10,13-14,21-25,27H2,1-2H3,(H,44,46)/t31-,36?,37+,38+,39?,40?,42+/m1/s1. The molecule has 0 heterocycles. The predicted octanol–water partition coefficient (Wildman–Crippen LogP) is 8.47. The number of aryl methyl sites for hydroxylation is 1. The number of hydrogen-bond acceptors (Lipinski definition) is 4. The van der Waals surface area contributed by atoms with E-state index in [2.05, 4.69) is 24.4 Å². The van der Waals surface area contributed by atoms with Crippen molar-refractivity contribution in [3.63, 3.8) is 0 Å². The second-order valence-electron chi connectivity index (χ2n) is 15.2. The first-order valence-electron chi connectivity index (χ1n) is 18.5. The minimum atomic E-state index is -0.989. The number of alkyl halides is 1. The van der Waals surface area contributed by atoms with Gasteiger partial charge in [0, 0.05) is 37.2 Å². The minimum absolute atomic E-state index is 0.0116. The number of rotatable bonds is 13. The molecule has 49 heavy (non-hydrogen) atoms. The Kier molecular flexibility index (Phi) is 11.1. The Morgan fingerprint density at radius 1 is 0.939 bits per heavy atom. The Labute approximate surface area is 291 Å². The van der Waals surface area contributed by atoms with Gasteiger partial charge in [-0.2, -0.15) is 0 Å². The number of carbonyl (C=O) groups is 2. The van der Waals surface area contributed by atoms with Gasteiger partial charge in [-0.05, 0) is 128 Å². The first-order valence-corrected chi connectivity index (χ1v) is 18.5. The summed E-state index contributed by atoms with van der Waals surface area (Å²) in [4.78, 5) is 27.1. The molecule has 0 radical (unpaired) electrons. The summed E-state index contributed by atoms with van der Waals surface area (Å²) in [5.74, 6) is 0.791. The molecule has 3 N–H and O–H groups in total. The lowest BCUT2D eigenvalue weighted by Gasteiger charge is -2.54. The Hall–Kier alpha value is -3.71. The maximum Gasteiger partial charge on any atom is 0.253 e. The molecule has 3 unspecified atom stereocenters. The van der Waals surface area contributed by atoms with Crippen LogP contribution in [0, 0.1) is 23.2 Å². The highest BCUT2D eigenvalue weighted by atomic mass is 19.1. The van der Waals surface area contributed by atoms with Crippen LogP contribution in [-0.4, -0.2) is 52.3 Å². The number of phenols is 1. The van der Waals surface area contributed by atoms with E-state index >= 15 is 4.39 Å². The van der Waals surface area contributed by atoms with Crippen LogP contribution >= 0.6 is 0 Å². The van der Waals surface area contributed by atoms with Crippen molar-refractivity contribution in [2.45, 2.75) is 103 Å². The zero-order valence-corrected chi connectivity index (χ0v) is 29.1. The smallest absolute Gasteiger partial charge is 0.253 e. The Morgan fingerprint density at radius 3 is 2.43 bits per heavy atom. The quantitative estimate of drug-likeness (QED) is 0.160. The number of aliphatic hydroxyl groups excluding tert-OH is 1. The number of anilines is 1. The molecule has 0 saturated heterocycles. The van der Waals surface area contributed by atoms with Gasteiger partial charge in [0.05, 0.1) is 6.10 Å². The fraction of sp³-hybridized carbons (Fsp3) is 0.524. The molecular weight excluding hydrogens is 615 g/mol. The molecule has 2 fully saturated rings. The largest absolute Gasteiger partial charge is 0.508 e. The summed E-state index contributed by atoms with van der Waals surface area (Å²) < 4.78 is 16.1. The molecule has 262 valence electrons. The first-order chi connectivity index (χ1) is 23.6. The van der Waals surface area contributed by atoms with E-state index < -0.39 is 12.3 Å². The van der Waals surface area contributed by atoms with E-state index in [1.807, 2.05) is 35.2 Å². The van der Waals surface area contributed by atoms with Gasteiger partial charge in [-0.15, -0.1) is 0 Å². The van der Waals surface area contributed by atoms with Crippen molar-refractivity contribution in [1.29, 1.82) is 0 Å². The lowest BCUT2D eigenvalue weighted by atomic mass is 9.51. The van der Waals surface area contributed by atoms with Gasteiger partial charge in [0.25, 0.3) is 5.91 Å². The lowest BCUT2D eigenvalue weighted by Crippen LogP contribution is -2.51. The van der Waals surface area contributed by atoms with Crippen LogP contribution in [0.3, 0.4) is 0 Å². The summed E-state index contributed by atoms with van der Waals surface area (Å²) in [7, 11) is 0. The number of carbonyl (C=O) groups excluding carboxylic acids is 2. The van der Waals surface area contributed by atoms with Gasteiger partial charge >= 0.3 is 0 Å². The summed E-state index contributed by atoms with van der Waals surface area (Å²) in [6.45, 7) is 4.94. The molecule has 2 amide bonds. The van der Waals surface area contributed by atoms with Crippen molar-refractivity contribution in [2.24, 2.45) is 23.2 Å². The highest BCUT2D eigenvalue weighted by Crippen LogP contribution is 2.63. The van der Waals surface area contributed by atoms with Gasteiger partial charge in [0.2, 0.25) is 5.91 Å². The number of aromatic hydroxyl groups is 1. The van der Waals surface area contributed by atoms with Crippen molar-refractivity contribution < 1.29 is 24.2 Å². The maximum absolute atomic E-state index is 16.1. The molecule has 3 aromatic carbocycles. The Balaban J connectivity index is 1.07. The highest BCUT2D eigenvalue weighted by molar-refractivity contribution is 5.95. The number of amides is 2. The molecule has 3 aliphatic carbocycles. The van der Waals surface area contributed by atoms with Crippen molar-refractivity contribution in [3.05, 3.63) is 95.1 Å². The zero-order chi connectivity index (χ0) is 34.5. The molecule has 0 aromatic heterocycles. The number of nitrogens with zero attached hydrogens (tertiary/aromatic N) is 1. The number of hydrogen-bond donors (Lipinski definition) is 3. The van der Waals surface area contributed by atoms with Crippen LogP contribution in [-0.2, 0) is 17.6 Å². The normalized spacial score (nSPS) is 27.1. The summed E-state index contributed by atoms with van der Waals surface area (Å²) in [6.07, 6.45) is 8.35. The van der Waals surface area contributed by atoms with E-state index in [0.29, 0.717) is 42.6 Å². The SMILES string of the molecule is CC(=O)Nc1ccc(C(=O)N(CCCCCC[C@@H]2Cc3cc(O)ccc3C3C2C2CC[C@H](O)[C@@]2(C)C[C@@H]3F)CCCc2ccccc2)cc1. The fourth-order valence-electron chi connectivity index (χ4n) is 9.61. The second-order valence-corrected chi connectivity index (χ2v) is 15.2. The van der Waals surface area contributed by atoms with Crippen LogP contribution in [0.15, 0.2) is 72.8 Å². The van der Waals surface area contributed by atoms with Crippen molar-refractivity contribution in [3.8, 4) is 5.75 Å². The molecule has 0 aliphatic heterocycles. The number of benzene rings is 3. The molecule has 2 saturated carbocycles. The zero-order valence-electron chi connectivity index (χ0n) is 29.1. The first kappa shape index (κ1) is 35.1. The average molecular weight is 669 g/mol. The molecule has 3 aliphatic rings. The van der Waals surface area contributed by atoms with Crippen LogP contribution in [0.25, 0.3) is 0 Å². The fourth-order valence-corrected chi connectivity index (χ4v) is 9.61. The van der Waals surface area contributed by atoms with E-state index in [4.69, 9.17) is 0 Å². The van der Waals surface area contributed by atoms with Crippen molar-refractivity contribution in [2.75, 3.05) is 18.4 Å². The molecule has 6 rings (SSSR count). The van der Waals surface area contributed by atoms with Crippen LogP contribution < -0.4 is 5.32 Å². The monoisotopic (exact) mass is 668 g/mol. The van der Waals surface area contributed by atoms with Crippen LogP contribution in [0.1, 0.15) is 105 Å². The van der Waals surface area contributed by atoms with E-state index in [1.165, 1.54) is 12.5 Å². The molecule has 3 aromatic rings. The van der Waals surface area contributed by atoms with Crippen molar-refractivity contribution in [1.82, 2.24) is 4.90 Å². The van der Waals surface area contributed by atoms with Gasteiger partial charge in [0.15, 0.2) is 0 Å². The molecule has 7 atom stereocenters. The van der Waals surface area contributed by atoms with Crippen LogP contribution in [0.2, 0.25) is 0 Å². The van der Waals surface area contributed by atoms with Gasteiger partial charge in [-0.3, -0.25) is 9.59 Å². The van der Waals surface area contributed by atoms with E-state index in [1.54, 1.807) is 30.3 Å². The van der Waals surface area contributed by atoms with E-state index in [0.717, 1.165) is 75.3 Å². The third-order valence-electron chi connectivity index (χ3n) is 12.0. The summed E-state index contributed by atoms with van der Waals surface area (Å²) >= 11 is 0. The number of halogens is 1. The molecular formula is C42H53FN2O4. The molecule has 0 spiro atoms. The summed E-state index contributed by atoms with van der Waals surface area (Å²) in [5, 5.41) is 24.0. The Morgan fingerprint density at radius 2 is 1.67 bits per heavy atom. The van der Waals surface area contributed by atoms with Gasteiger partial charge in [-0.25, -0.2) is 4.39 Å². The van der Waals surface area contributed by atoms with Gasteiger partial charge in [-0.1, -0.05) is 62.6 Å². The second kappa shape index (κ2) is 15.5. The Bertz CT molecular complexity index is 1580. The number of phenolic OH excluding ortho intramolecular Hbond substituents is 1. The number of fused-ring (bicyclic) bond motifs is 5. The molecule has 6 nitrogen and oxygen atoms in total. The van der Waals surface area contributed by atoms with Crippen LogP contribution in [0.5, 0.6) is 5.75 Å². The predicted molar refractivity (Wildman–Crippen MR) is 192 cm³/mol. The highest BCUT2D eigenvalue weighted by Gasteiger charge is 2.59. The lowest BCUT2D eigenvalue weighted by molar-refractivity contribution is -0.114. The summed E-state index contributed by atoms with van der Waals surface area (Å²) in [5.41, 5.74) is 4.35. The van der Waals surface area contributed by atoms with E-state index in [9.17, 15) is 19.8 Å². The molecule has 0 bridgehead atoms. The average Bonchev–Trinajstić information content (AvgIpc) is 3.38. The van der Waals surface area contributed by atoms with Crippen LogP contribution in [0.4, 0.5) is 10.1 Å². The minimum Gasteiger partial charge on any atom is -0.508 e. The number of unbranched alkanes of at least 4 members (excludes halogenated alkanes) is 3. The van der Waals surface area contributed by atoms with E-state index in [-0.39, 0.29) is 34.8 Å². The number of nitrogens with one attached hydrogen (secondary N) is 1. The topological polar surface area (TPSA) is 89.9 Å². The summed E-state index contributed by atoms with van der Waals surface area (Å²) in [6, 6.07) is 23.0. The van der Waals surface area contributed by atoms with Gasteiger partial charge in [0.1, 0.15) is 11.9 Å². The molecule has 7 heteroatoms. The maximum atomic E-state index is 16.1. The third-order valence-corrected chi connectivity index (χ3v) is 12.0. The van der Waals surface area contributed by atoms with Crippen molar-refractivity contribution >= 4 is 17.5 Å². The third kappa shape index (κ3) is 7.88. The number of aliphatic hydroxyl groups is 1.